The molecular weight excluding hydrogens is 563 g/mol. The Labute approximate surface area is 220 Å². The Morgan fingerprint density at radius 3 is 2.55 bits per heavy atom. The van der Waals surface area contributed by atoms with Gasteiger partial charge in [-0.3, -0.25) is 23.9 Å². The largest absolute Gasteiger partial charge is 0.463 e. The highest BCUT2D eigenvalue weighted by Gasteiger charge is 2.39. The van der Waals surface area contributed by atoms with E-state index in [4.69, 9.17) is 11.6 Å². The van der Waals surface area contributed by atoms with Crippen molar-refractivity contribution in [3.05, 3.63) is 68.2 Å². The van der Waals surface area contributed by atoms with E-state index in [0.29, 0.717) is 6.07 Å². The number of hydrogen-bond donors (Lipinski definition) is 0. The van der Waals surface area contributed by atoms with E-state index < -0.39 is 71.5 Å². The molecule has 1 aromatic carbocycles. The van der Waals surface area contributed by atoms with Crippen molar-refractivity contribution in [1.29, 1.82) is 0 Å². The molecule has 0 bridgehead atoms. The topological polar surface area (TPSA) is 103 Å². The predicted octanol–water partition coefficient (Wildman–Crippen LogP) is 3.37. The lowest BCUT2D eigenvalue weighted by Gasteiger charge is -2.16. The zero-order chi connectivity index (χ0) is 28.4. The van der Waals surface area contributed by atoms with E-state index in [-0.39, 0.29) is 37.6 Å². The van der Waals surface area contributed by atoms with Gasteiger partial charge in [-0.2, -0.15) is 13.2 Å². The molecule has 1 aliphatic heterocycles. The average Bonchev–Trinajstić information content (AvgIpc) is 3.11. The van der Waals surface area contributed by atoms with Crippen LogP contribution in [0.1, 0.15) is 12.1 Å². The van der Waals surface area contributed by atoms with E-state index >= 15 is 0 Å². The number of amides is 1. The van der Waals surface area contributed by atoms with Gasteiger partial charge in [0.1, 0.15) is 30.0 Å². The summed E-state index contributed by atoms with van der Waals surface area (Å²) in [5.74, 6) is -2.59. The Balaban J connectivity index is 2.08. The summed E-state index contributed by atoms with van der Waals surface area (Å²) >= 11 is 6.92. The van der Waals surface area contributed by atoms with E-state index in [1.54, 1.807) is 0 Å². The summed E-state index contributed by atoms with van der Waals surface area (Å²) in [6.07, 6.45) is -4.06. The molecule has 1 atom stereocenters. The molecule has 0 spiro atoms. The summed E-state index contributed by atoms with van der Waals surface area (Å²) in [5, 5.41) is -1.32. The monoisotopic (exact) mass is 580 g/mol. The molecule has 0 saturated carbocycles. The lowest BCUT2D eigenvalue weighted by molar-refractivity contribution is -0.145. The number of rotatable bonds is 8. The maximum absolute atomic E-state index is 14.8. The highest BCUT2D eigenvalue weighted by Crippen LogP contribution is 2.35. The van der Waals surface area contributed by atoms with Gasteiger partial charge in [0.05, 0.1) is 22.8 Å². The minimum atomic E-state index is -5.02. The number of carbonyl (C=O) groups excluding carboxylic acids is 2. The molecule has 38 heavy (non-hydrogen) atoms. The van der Waals surface area contributed by atoms with Crippen LogP contribution in [0, 0.1) is 5.82 Å². The Kier molecular flexibility index (Phi) is 8.82. The molecule has 2 heterocycles. The van der Waals surface area contributed by atoms with E-state index in [0.717, 1.165) is 29.8 Å². The number of nitrogens with zero attached hydrogens (tertiary/aromatic N) is 4. The SMILES string of the molecule is C=CCN1C(=O)C(CC(=O)OCCF)SC1=Nc1cc(-n2c(=O)cc(C(F)(F)F)n(C)c2=O)c(F)cc1Cl. The second kappa shape index (κ2) is 11.5. The normalized spacial score (nSPS) is 16.8. The fourth-order valence-corrected chi connectivity index (χ4v) is 4.73. The van der Waals surface area contributed by atoms with Crippen LogP contribution in [0.15, 0.2) is 45.4 Å². The van der Waals surface area contributed by atoms with Gasteiger partial charge in [0.15, 0.2) is 5.17 Å². The third kappa shape index (κ3) is 5.99. The summed E-state index contributed by atoms with van der Waals surface area (Å²) in [5.41, 5.74) is -5.43. The van der Waals surface area contributed by atoms with Crippen molar-refractivity contribution in [2.24, 2.45) is 12.0 Å². The highest BCUT2D eigenvalue weighted by atomic mass is 35.5. The standard InChI is InChI=1S/C22H18ClF5N4O5S/c1-3-5-31-19(35)15(9-18(34)37-6-4-24)38-20(31)29-13-8-14(12(25)7-11(13)23)32-17(33)10-16(22(26,27)28)30(2)21(32)36/h3,7-8,10,15H,1,4-6,9H2,2H3. The van der Waals surface area contributed by atoms with Crippen molar-refractivity contribution in [1.82, 2.24) is 14.0 Å². The number of aromatic nitrogens is 2. The number of aliphatic imine (C=N–C) groups is 1. The zero-order valence-electron chi connectivity index (χ0n) is 19.4. The van der Waals surface area contributed by atoms with Crippen molar-refractivity contribution in [2.75, 3.05) is 19.8 Å². The van der Waals surface area contributed by atoms with Crippen LogP contribution in [0.4, 0.5) is 27.6 Å². The number of thioether (sulfide) groups is 1. The van der Waals surface area contributed by atoms with E-state index in [2.05, 4.69) is 16.3 Å². The number of carbonyl (C=O) groups is 2. The fraction of sp³-hybridized carbons (Fsp3) is 0.318. The Morgan fingerprint density at radius 1 is 1.26 bits per heavy atom. The summed E-state index contributed by atoms with van der Waals surface area (Å²) in [6, 6.07) is 1.70. The van der Waals surface area contributed by atoms with Crippen LogP contribution in [-0.2, 0) is 27.5 Å². The molecule has 1 amide bonds. The molecule has 16 heteroatoms. The second-order valence-corrected chi connectivity index (χ2v) is 9.23. The maximum Gasteiger partial charge on any atom is 0.431 e. The smallest absolute Gasteiger partial charge is 0.431 e. The molecule has 1 unspecified atom stereocenters. The summed E-state index contributed by atoms with van der Waals surface area (Å²) < 4.78 is 71.5. The quantitative estimate of drug-likeness (QED) is 0.270. The number of esters is 1. The van der Waals surface area contributed by atoms with E-state index in [1.165, 1.54) is 6.08 Å². The number of amidine groups is 1. The van der Waals surface area contributed by atoms with Crippen molar-refractivity contribution < 1.29 is 36.3 Å². The first-order valence-electron chi connectivity index (χ1n) is 10.6. The molecule has 1 aliphatic rings. The van der Waals surface area contributed by atoms with Crippen molar-refractivity contribution in [3.63, 3.8) is 0 Å². The number of hydrogen-bond acceptors (Lipinski definition) is 7. The minimum absolute atomic E-state index is 0.00896. The zero-order valence-corrected chi connectivity index (χ0v) is 21.0. The summed E-state index contributed by atoms with van der Waals surface area (Å²) in [7, 11) is 0.767. The molecule has 1 fully saturated rings. The van der Waals surface area contributed by atoms with Crippen LogP contribution in [0.3, 0.4) is 0 Å². The third-order valence-corrected chi connectivity index (χ3v) is 6.59. The van der Waals surface area contributed by atoms with E-state index in [9.17, 15) is 41.1 Å². The average molecular weight is 581 g/mol. The summed E-state index contributed by atoms with van der Waals surface area (Å²) in [4.78, 5) is 55.1. The molecular formula is C22H18ClF5N4O5S. The lowest BCUT2D eigenvalue weighted by Crippen LogP contribution is -2.41. The summed E-state index contributed by atoms with van der Waals surface area (Å²) in [6.45, 7) is 2.12. The molecule has 1 saturated heterocycles. The van der Waals surface area contributed by atoms with Crippen LogP contribution in [-0.4, -0.2) is 56.2 Å². The number of halogens is 6. The highest BCUT2D eigenvalue weighted by molar-refractivity contribution is 8.15. The van der Waals surface area contributed by atoms with Crippen LogP contribution < -0.4 is 11.2 Å². The van der Waals surface area contributed by atoms with Crippen molar-refractivity contribution in [3.8, 4) is 5.69 Å². The number of benzene rings is 1. The molecule has 0 N–H and O–H groups in total. The van der Waals surface area contributed by atoms with Crippen LogP contribution in [0.5, 0.6) is 0 Å². The van der Waals surface area contributed by atoms with Gasteiger partial charge in [0, 0.05) is 19.7 Å². The first kappa shape index (κ1) is 29.1. The van der Waals surface area contributed by atoms with Gasteiger partial charge in [-0.25, -0.2) is 23.1 Å². The maximum atomic E-state index is 14.8. The van der Waals surface area contributed by atoms with Crippen molar-refractivity contribution >= 4 is 46.1 Å². The predicted molar refractivity (Wildman–Crippen MR) is 129 cm³/mol. The van der Waals surface area contributed by atoms with Crippen LogP contribution in [0.2, 0.25) is 5.02 Å². The third-order valence-electron chi connectivity index (χ3n) is 5.11. The second-order valence-electron chi connectivity index (χ2n) is 7.65. The van der Waals surface area contributed by atoms with Gasteiger partial charge in [0.25, 0.3) is 5.56 Å². The lowest BCUT2D eigenvalue weighted by atomic mass is 10.2. The van der Waals surface area contributed by atoms with Gasteiger partial charge in [-0.1, -0.05) is 29.4 Å². The molecule has 3 rings (SSSR count). The van der Waals surface area contributed by atoms with Gasteiger partial charge in [-0.15, -0.1) is 6.58 Å². The minimum Gasteiger partial charge on any atom is -0.463 e. The fourth-order valence-electron chi connectivity index (χ4n) is 3.39. The Morgan fingerprint density at radius 2 is 1.95 bits per heavy atom. The molecule has 9 nitrogen and oxygen atoms in total. The van der Waals surface area contributed by atoms with Gasteiger partial charge in [0.2, 0.25) is 5.91 Å². The van der Waals surface area contributed by atoms with Crippen molar-refractivity contribution in [2.45, 2.75) is 17.8 Å². The van der Waals surface area contributed by atoms with E-state index in [1.807, 2.05) is 0 Å². The van der Waals surface area contributed by atoms with Crippen LogP contribution in [0.25, 0.3) is 5.69 Å². The molecule has 0 aliphatic carbocycles. The van der Waals surface area contributed by atoms with Gasteiger partial charge >= 0.3 is 17.8 Å². The number of ether oxygens (including phenoxy) is 1. The molecule has 2 aromatic rings. The molecule has 204 valence electrons. The number of alkyl halides is 4. The Hall–Kier alpha value is -3.46. The molecule has 0 radical (unpaired) electrons. The van der Waals surface area contributed by atoms with Gasteiger partial charge in [-0.05, 0) is 12.1 Å². The van der Waals surface area contributed by atoms with Gasteiger partial charge < -0.3 is 4.74 Å². The first-order chi connectivity index (χ1) is 17.8. The van der Waals surface area contributed by atoms with Crippen LogP contribution >= 0.6 is 23.4 Å². The Bertz CT molecular complexity index is 1440. The molecule has 1 aromatic heterocycles. The first-order valence-corrected chi connectivity index (χ1v) is 11.8.